The molecule has 4 rings (SSSR count). The van der Waals surface area contributed by atoms with E-state index in [1.807, 2.05) is 6.92 Å². The lowest BCUT2D eigenvalue weighted by Gasteiger charge is -2.34. The predicted octanol–water partition coefficient (Wildman–Crippen LogP) is 3.71. The zero-order valence-corrected chi connectivity index (χ0v) is 19.0. The second-order valence-corrected chi connectivity index (χ2v) is 8.85. The highest BCUT2D eigenvalue weighted by Crippen LogP contribution is 2.39. The van der Waals surface area contributed by atoms with E-state index in [2.05, 4.69) is 0 Å². The summed E-state index contributed by atoms with van der Waals surface area (Å²) in [6.07, 6.45) is 2.77. The monoisotopic (exact) mass is 463 g/mol. The van der Waals surface area contributed by atoms with Crippen molar-refractivity contribution in [1.82, 2.24) is 10.0 Å². The van der Waals surface area contributed by atoms with Gasteiger partial charge in [-0.1, -0.05) is 42.7 Å². The Morgan fingerprint density at radius 1 is 0.941 bits per heavy atom. The minimum absolute atomic E-state index is 0.0321. The number of hydrogen-bond donors (Lipinski definition) is 0. The van der Waals surface area contributed by atoms with Gasteiger partial charge in [0.2, 0.25) is 0 Å². The fourth-order valence-corrected chi connectivity index (χ4v) is 4.73. The molecule has 0 radical (unpaired) electrons. The van der Waals surface area contributed by atoms with Gasteiger partial charge in [0, 0.05) is 23.3 Å². The second-order valence-electron chi connectivity index (χ2n) is 8.85. The highest BCUT2D eigenvalue weighted by atomic mass is 16.6. The van der Waals surface area contributed by atoms with Crippen LogP contribution in [0.15, 0.2) is 48.5 Å². The minimum atomic E-state index is -1.15. The van der Waals surface area contributed by atoms with Crippen LogP contribution in [-0.2, 0) is 9.59 Å². The molecule has 176 valence electrons. The number of carbonyl (C=O) groups excluding carboxylic acids is 4. The molecule has 9 nitrogen and oxygen atoms in total. The number of rotatable bonds is 6. The largest absolute Gasteiger partial charge is 0.292 e. The van der Waals surface area contributed by atoms with Crippen molar-refractivity contribution in [2.45, 2.75) is 45.6 Å². The summed E-state index contributed by atoms with van der Waals surface area (Å²) < 4.78 is 0. The summed E-state index contributed by atoms with van der Waals surface area (Å²) in [5, 5.41) is 12.8. The summed E-state index contributed by atoms with van der Waals surface area (Å²) in [5.41, 5.74) is 1.13. The molecule has 0 unspecified atom stereocenters. The Balaban J connectivity index is 1.74. The zero-order chi connectivity index (χ0) is 24.6. The number of hydrazine groups is 1. The van der Waals surface area contributed by atoms with Crippen LogP contribution in [-0.4, -0.2) is 44.5 Å². The number of nitro groups is 1. The number of hydrogen-bond acceptors (Lipinski definition) is 6. The van der Waals surface area contributed by atoms with E-state index >= 15 is 0 Å². The van der Waals surface area contributed by atoms with Gasteiger partial charge in [0.15, 0.2) is 5.78 Å². The summed E-state index contributed by atoms with van der Waals surface area (Å²) in [6.45, 7) is 3.36. The van der Waals surface area contributed by atoms with Crippen molar-refractivity contribution in [2.24, 2.45) is 11.8 Å². The first kappa shape index (κ1) is 23.3. The van der Waals surface area contributed by atoms with Gasteiger partial charge in [0.1, 0.15) is 6.04 Å². The second kappa shape index (κ2) is 9.17. The maximum absolute atomic E-state index is 13.6. The predicted molar refractivity (Wildman–Crippen MR) is 122 cm³/mol. The van der Waals surface area contributed by atoms with E-state index in [0.717, 1.165) is 28.4 Å². The fourth-order valence-electron chi connectivity index (χ4n) is 4.73. The number of nitro benzene ring substituents is 1. The third-order valence-electron chi connectivity index (χ3n) is 6.65. The van der Waals surface area contributed by atoms with E-state index in [4.69, 9.17) is 0 Å². The summed E-state index contributed by atoms with van der Waals surface area (Å²) in [5.74, 6) is -3.14. The van der Waals surface area contributed by atoms with Gasteiger partial charge in [0.05, 0.1) is 16.8 Å². The molecule has 0 bridgehead atoms. The number of fused-ring (bicyclic) bond motifs is 1. The van der Waals surface area contributed by atoms with Crippen molar-refractivity contribution in [3.8, 4) is 0 Å². The molecule has 2 aromatic rings. The molecule has 0 aromatic heterocycles. The number of imide groups is 1. The van der Waals surface area contributed by atoms with Gasteiger partial charge in [-0.3, -0.25) is 29.3 Å². The van der Waals surface area contributed by atoms with Crippen molar-refractivity contribution in [1.29, 1.82) is 0 Å². The molecule has 1 heterocycles. The average molecular weight is 463 g/mol. The number of amides is 3. The lowest BCUT2D eigenvalue weighted by molar-refractivity contribution is -0.384. The summed E-state index contributed by atoms with van der Waals surface area (Å²) >= 11 is 0. The highest BCUT2D eigenvalue weighted by Gasteiger charge is 2.53. The number of Topliss-reactive ketones (excluding diaryl/α,β-unsaturated/α-hetero) is 1. The van der Waals surface area contributed by atoms with Crippen molar-refractivity contribution in [3.63, 3.8) is 0 Å². The molecule has 1 saturated heterocycles. The SMILES string of the molecule is Cc1ccc(C(=O)[C@H](C)N(C(=O)c2ccc([N+](=O)[O-])cc2)N2C(=O)[C@@H]3CCCC[C@H]3C2=O)cc1. The maximum Gasteiger partial charge on any atom is 0.273 e. The number of aryl methyl sites for hydroxylation is 1. The quantitative estimate of drug-likeness (QED) is 0.279. The third-order valence-corrected chi connectivity index (χ3v) is 6.65. The zero-order valence-electron chi connectivity index (χ0n) is 19.0. The normalized spacial score (nSPS) is 20.6. The van der Waals surface area contributed by atoms with Crippen LogP contribution in [0.4, 0.5) is 5.69 Å². The lowest BCUT2D eigenvalue weighted by atomic mass is 9.81. The molecule has 3 atom stereocenters. The third kappa shape index (κ3) is 4.09. The van der Waals surface area contributed by atoms with E-state index in [1.165, 1.54) is 31.2 Å². The Labute approximate surface area is 196 Å². The van der Waals surface area contributed by atoms with Crippen LogP contribution in [0.25, 0.3) is 0 Å². The first-order valence-electron chi connectivity index (χ1n) is 11.3. The van der Waals surface area contributed by atoms with E-state index in [0.29, 0.717) is 18.4 Å². The van der Waals surface area contributed by atoms with Crippen LogP contribution in [0.1, 0.15) is 58.9 Å². The number of non-ortho nitro benzene ring substituents is 1. The van der Waals surface area contributed by atoms with Crippen molar-refractivity contribution >= 4 is 29.2 Å². The minimum Gasteiger partial charge on any atom is -0.292 e. The molecule has 9 heteroatoms. The van der Waals surface area contributed by atoms with Gasteiger partial charge in [-0.05, 0) is 38.8 Å². The van der Waals surface area contributed by atoms with Gasteiger partial charge in [-0.2, -0.15) is 5.01 Å². The summed E-state index contributed by atoms with van der Waals surface area (Å²) in [6, 6.07) is 10.5. The Morgan fingerprint density at radius 2 is 1.44 bits per heavy atom. The van der Waals surface area contributed by atoms with Crippen LogP contribution < -0.4 is 0 Å². The number of nitrogens with zero attached hydrogens (tertiary/aromatic N) is 3. The number of carbonyl (C=O) groups is 4. The molecule has 0 N–H and O–H groups in total. The van der Waals surface area contributed by atoms with Gasteiger partial charge >= 0.3 is 0 Å². The lowest BCUT2D eigenvalue weighted by Crippen LogP contribution is -2.56. The Hall–Kier alpha value is -3.88. The van der Waals surface area contributed by atoms with Crippen LogP contribution in [0.3, 0.4) is 0 Å². The van der Waals surface area contributed by atoms with Gasteiger partial charge in [-0.25, -0.2) is 5.01 Å². The molecule has 1 saturated carbocycles. The fraction of sp³-hybridized carbons (Fsp3) is 0.360. The standard InChI is InChI=1S/C25H25N3O6/c1-15-7-9-17(10-8-15)22(29)16(2)26(23(30)18-11-13-19(14-12-18)28(33)34)27-24(31)20-5-3-4-6-21(20)25(27)32/h7-14,16,20-21H,3-6H2,1-2H3/t16-,20+,21+/m0/s1. The molecule has 2 aliphatic rings. The number of benzene rings is 2. The van der Waals surface area contributed by atoms with E-state index in [9.17, 15) is 29.3 Å². The van der Waals surface area contributed by atoms with E-state index < -0.39 is 46.3 Å². The Morgan fingerprint density at radius 3 is 1.94 bits per heavy atom. The molecule has 2 fully saturated rings. The highest BCUT2D eigenvalue weighted by molar-refractivity contribution is 6.10. The van der Waals surface area contributed by atoms with Gasteiger partial charge < -0.3 is 0 Å². The van der Waals surface area contributed by atoms with Crippen LogP contribution in [0.5, 0.6) is 0 Å². The summed E-state index contributed by atoms with van der Waals surface area (Å²) in [7, 11) is 0. The molecule has 0 spiro atoms. The molecular weight excluding hydrogens is 438 g/mol. The van der Waals surface area contributed by atoms with Crippen molar-refractivity contribution < 1.29 is 24.1 Å². The van der Waals surface area contributed by atoms with Gasteiger partial charge in [-0.15, -0.1) is 0 Å². The van der Waals surface area contributed by atoms with E-state index in [1.54, 1.807) is 24.3 Å². The molecule has 34 heavy (non-hydrogen) atoms. The van der Waals surface area contributed by atoms with Crippen molar-refractivity contribution in [3.05, 3.63) is 75.3 Å². The molecular formula is C25H25N3O6. The molecule has 2 aromatic carbocycles. The van der Waals surface area contributed by atoms with Crippen LogP contribution in [0.2, 0.25) is 0 Å². The maximum atomic E-state index is 13.6. The first-order chi connectivity index (χ1) is 16.2. The molecule has 3 amide bonds. The Kier molecular flexibility index (Phi) is 6.28. The average Bonchev–Trinajstić information content (AvgIpc) is 3.09. The van der Waals surface area contributed by atoms with E-state index in [-0.39, 0.29) is 11.3 Å². The van der Waals surface area contributed by atoms with Crippen molar-refractivity contribution in [2.75, 3.05) is 0 Å². The smallest absolute Gasteiger partial charge is 0.273 e. The van der Waals surface area contributed by atoms with Crippen LogP contribution >= 0.6 is 0 Å². The van der Waals surface area contributed by atoms with Crippen LogP contribution in [0, 0.1) is 28.9 Å². The first-order valence-corrected chi connectivity index (χ1v) is 11.3. The Bertz CT molecular complexity index is 1130. The topological polar surface area (TPSA) is 118 Å². The van der Waals surface area contributed by atoms with Gasteiger partial charge in [0.25, 0.3) is 23.4 Å². The number of ketones is 1. The molecule has 1 aliphatic heterocycles. The molecule has 1 aliphatic carbocycles. The summed E-state index contributed by atoms with van der Waals surface area (Å²) in [4.78, 5) is 63.9.